The second kappa shape index (κ2) is 5.43. The summed E-state index contributed by atoms with van der Waals surface area (Å²) in [4.78, 5) is 3.35. The Bertz CT molecular complexity index is 745. The van der Waals surface area contributed by atoms with E-state index in [2.05, 4.69) is 4.98 Å². The monoisotopic (exact) mass is 335 g/mol. The Balaban J connectivity index is 2.44. The van der Waals surface area contributed by atoms with Crippen LogP contribution in [0.5, 0.6) is 0 Å². The van der Waals surface area contributed by atoms with E-state index in [-0.39, 0.29) is 20.6 Å². The van der Waals surface area contributed by atoms with Gasteiger partial charge in [-0.1, -0.05) is 23.2 Å². The maximum Gasteiger partial charge on any atom is 0.263 e. The number of rotatable bonds is 3. The van der Waals surface area contributed by atoms with Crippen LogP contribution in [0.1, 0.15) is 0 Å². The molecule has 0 bridgehead atoms. The highest BCUT2D eigenvalue weighted by atomic mass is 35.5. The van der Waals surface area contributed by atoms with Gasteiger partial charge in [0.05, 0.1) is 20.6 Å². The lowest BCUT2D eigenvalue weighted by Gasteiger charge is -2.10. The first-order valence-electron chi connectivity index (χ1n) is 5.19. The molecule has 1 aromatic carbocycles. The van der Waals surface area contributed by atoms with Gasteiger partial charge < -0.3 is 5.73 Å². The van der Waals surface area contributed by atoms with Crippen LogP contribution >= 0.6 is 23.2 Å². The molecule has 0 radical (unpaired) electrons. The molecule has 3 N–H and O–H groups in total. The van der Waals surface area contributed by atoms with E-state index >= 15 is 0 Å². The van der Waals surface area contributed by atoms with Crippen molar-refractivity contribution in [2.75, 3.05) is 10.5 Å². The fraction of sp³-hybridized carbons (Fsp3) is 0. The number of hydrogen-bond acceptors (Lipinski definition) is 4. The van der Waals surface area contributed by atoms with Crippen molar-refractivity contribution in [3.05, 3.63) is 46.3 Å². The van der Waals surface area contributed by atoms with Crippen molar-refractivity contribution in [2.45, 2.75) is 4.90 Å². The molecule has 0 fully saturated rings. The molecule has 0 aliphatic heterocycles. The molecule has 0 unspecified atom stereocenters. The zero-order chi connectivity index (χ0) is 14.9. The fourth-order valence-electron chi connectivity index (χ4n) is 1.36. The molecule has 0 atom stereocenters. The number of sulfonamides is 1. The molecule has 0 amide bonds. The topological polar surface area (TPSA) is 85.1 Å². The summed E-state index contributed by atoms with van der Waals surface area (Å²) in [6.45, 7) is 0. The number of benzene rings is 1. The fourth-order valence-corrected chi connectivity index (χ4v) is 3.05. The van der Waals surface area contributed by atoms with Crippen molar-refractivity contribution in [3.63, 3.8) is 0 Å². The Morgan fingerprint density at radius 1 is 1.25 bits per heavy atom. The van der Waals surface area contributed by atoms with Gasteiger partial charge in [0.1, 0.15) is 0 Å². The number of nitrogens with zero attached hydrogens (tertiary/aromatic N) is 1. The van der Waals surface area contributed by atoms with Crippen LogP contribution < -0.4 is 10.5 Å². The molecule has 1 heterocycles. The Morgan fingerprint density at radius 3 is 2.40 bits per heavy atom. The minimum absolute atomic E-state index is 0.0145. The smallest absolute Gasteiger partial charge is 0.263 e. The predicted octanol–water partition coefficient (Wildman–Crippen LogP) is 2.91. The molecular weight excluding hydrogens is 328 g/mol. The minimum atomic E-state index is -4.07. The number of nitrogens with two attached hydrogens (primary N) is 1. The van der Waals surface area contributed by atoms with Crippen molar-refractivity contribution in [1.82, 2.24) is 4.98 Å². The lowest BCUT2D eigenvalue weighted by Crippen LogP contribution is -2.15. The van der Waals surface area contributed by atoms with Gasteiger partial charge in [-0.05, 0) is 24.3 Å². The average molecular weight is 336 g/mol. The van der Waals surface area contributed by atoms with Crippen molar-refractivity contribution in [3.8, 4) is 0 Å². The summed E-state index contributed by atoms with van der Waals surface area (Å²) < 4.78 is 39.6. The highest BCUT2D eigenvalue weighted by Crippen LogP contribution is 2.31. The van der Waals surface area contributed by atoms with Crippen LogP contribution in [0.3, 0.4) is 0 Å². The molecule has 0 spiro atoms. The third-order valence-electron chi connectivity index (χ3n) is 2.35. The Morgan fingerprint density at radius 2 is 1.85 bits per heavy atom. The molecule has 0 saturated carbocycles. The molecule has 0 aliphatic rings. The van der Waals surface area contributed by atoms with Crippen molar-refractivity contribution < 1.29 is 12.8 Å². The lowest BCUT2D eigenvalue weighted by atomic mass is 10.3. The Labute approximate surface area is 124 Å². The second-order valence-corrected chi connectivity index (χ2v) is 6.24. The van der Waals surface area contributed by atoms with Gasteiger partial charge in [0, 0.05) is 6.20 Å². The SMILES string of the molecule is Nc1c(Cl)cc(S(=O)(=O)Nc2ncccc2F)cc1Cl. The summed E-state index contributed by atoms with van der Waals surface area (Å²) in [6.07, 6.45) is 1.25. The van der Waals surface area contributed by atoms with Gasteiger partial charge in [0.15, 0.2) is 11.6 Å². The number of halogens is 3. The maximum atomic E-state index is 13.4. The lowest BCUT2D eigenvalue weighted by molar-refractivity contribution is 0.597. The van der Waals surface area contributed by atoms with Crippen LogP contribution in [-0.4, -0.2) is 13.4 Å². The summed E-state index contributed by atoms with van der Waals surface area (Å²) >= 11 is 11.5. The van der Waals surface area contributed by atoms with E-state index in [1.807, 2.05) is 4.72 Å². The average Bonchev–Trinajstić information content (AvgIpc) is 2.38. The molecule has 2 rings (SSSR count). The van der Waals surface area contributed by atoms with Crippen LogP contribution in [0, 0.1) is 5.82 Å². The summed E-state index contributed by atoms with van der Waals surface area (Å²) in [7, 11) is -4.07. The highest BCUT2D eigenvalue weighted by molar-refractivity contribution is 7.92. The van der Waals surface area contributed by atoms with E-state index in [4.69, 9.17) is 28.9 Å². The molecule has 5 nitrogen and oxygen atoms in total. The molecule has 2 aromatic rings. The molecular formula is C11H8Cl2FN3O2S. The minimum Gasteiger partial charge on any atom is -0.396 e. The number of anilines is 2. The highest BCUT2D eigenvalue weighted by Gasteiger charge is 2.19. The number of pyridine rings is 1. The first-order chi connectivity index (χ1) is 9.31. The van der Waals surface area contributed by atoms with Gasteiger partial charge in [-0.25, -0.2) is 17.8 Å². The second-order valence-electron chi connectivity index (χ2n) is 3.74. The largest absolute Gasteiger partial charge is 0.396 e. The zero-order valence-corrected chi connectivity index (χ0v) is 12.1. The van der Waals surface area contributed by atoms with Crippen LogP contribution in [0.4, 0.5) is 15.9 Å². The van der Waals surface area contributed by atoms with Crippen molar-refractivity contribution in [1.29, 1.82) is 0 Å². The van der Waals surface area contributed by atoms with Crippen LogP contribution in [0.25, 0.3) is 0 Å². The Hall–Kier alpha value is -1.57. The van der Waals surface area contributed by atoms with E-state index in [1.165, 1.54) is 12.3 Å². The molecule has 106 valence electrons. The van der Waals surface area contributed by atoms with E-state index in [9.17, 15) is 12.8 Å². The number of aromatic nitrogens is 1. The van der Waals surface area contributed by atoms with Gasteiger partial charge in [0.25, 0.3) is 10.0 Å². The van der Waals surface area contributed by atoms with Crippen LogP contribution in [0.2, 0.25) is 10.0 Å². The van der Waals surface area contributed by atoms with Crippen molar-refractivity contribution >= 4 is 44.7 Å². The van der Waals surface area contributed by atoms with E-state index in [0.717, 1.165) is 18.2 Å². The summed E-state index contributed by atoms with van der Waals surface area (Å²) in [6, 6.07) is 4.65. The van der Waals surface area contributed by atoms with Gasteiger partial charge in [-0.3, -0.25) is 4.72 Å². The molecule has 20 heavy (non-hydrogen) atoms. The number of nitrogens with one attached hydrogen (secondary N) is 1. The third-order valence-corrected chi connectivity index (χ3v) is 4.30. The van der Waals surface area contributed by atoms with Gasteiger partial charge >= 0.3 is 0 Å². The van der Waals surface area contributed by atoms with E-state index < -0.39 is 21.7 Å². The van der Waals surface area contributed by atoms with Crippen LogP contribution in [0.15, 0.2) is 35.4 Å². The Kier molecular flexibility index (Phi) is 4.03. The first kappa shape index (κ1) is 14.8. The molecule has 1 aromatic heterocycles. The van der Waals surface area contributed by atoms with E-state index in [0.29, 0.717) is 0 Å². The zero-order valence-electron chi connectivity index (χ0n) is 9.77. The quantitative estimate of drug-likeness (QED) is 0.844. The molecule has 0 aliphatic carbocycles. The summed E-state index contributed by atoms with van der Waals surface area (Å²) in [5.41, 5.74) is 5.59. The van der Waals surface area contributed by atoms with Gasteiger partial charge in [0.2, 0.25) is 0 Å². The third kappa shape index (κ3) is 2.95. The van der Waals surface area contributed by atoms with Gasteiger partial charge in [-0.2, -0.15) is 0 Å². The van der Waals surface area contributed by atoms with E-state index in [1.54, 1.807) is 0 Å². The molecule has 0 saturated heterocycles. The first-order valence-corrected chi connectivity index (χ1v) is 7.43. The van der Waals surface area contributed by atoms with Gasteiger partial charge in [-0.15, -0.1) is 0 Å². The maximum absolute atomic E-state index is 13.4. The predicted molar refractivity (Wildman–Crippen MR) is 75.9 cm³/mol. The van der Waals surface area contributed by atoms with Crippen molar-refractivity contribution in [2.24, 2.45) is 0 Å². The van der Waals surface area contributed by atoms with Crippen LogP contribution in [-0.2, 0) is 10.0 Å². The number of nitrogen functional groups attached to an aromatic ring is 1. The summed E-state index contributed by atoms with van der Waals surface area (Å²) in [5.74, 6) is -1.22. The number of hydrogen-bond donors (Lipinski definition) is 2. The standard InChI is InChI=1S/C11H8Cl2FN3O2S/c12-7-4-6(5-8(13)10(7)15)20(18,19)17-11-9(14)2-1-3-16-11/h1-5H,15H2,(H,16,17). The molecule has 9 heteroatoms. The normalized spacial score (nSPS) is 11.3. The summed E-state index contributed by atoms with van der Waals surface area (Å²) in [5, 5.41) is -0.0289.